The van der Waals surface area contributed by atoms with E-state index in [0.717, 1.165) is 39.1 Å². The van der Waals surface area contributed by atoms with Crippen LogP contribution in [0.1, 0.15) is 52.2 Å². The van der Waals surface area contributed by atoms with Crippen molar-refractivity contribution in [3.05, 3.63) is 74.5 Å². The summed E-state index contributed by atoms with van der Waals surface area (Å²) in [6, 6.07) is 15.5. The highest BCUT2D eigenvalue weighted by Crippen LogP contribution is 2.36. The van der Waals surface area contributed by atoms with Gasteiger partial charge in [-0.2, -0.15) is 0 Å². The number of rotatable bonds is 4. The van der Waals surface area contributed by atoms with Crippen molar-refractivity contribution >= 4 is 39.1 Å². The van der Waals surface area contributed by atoms with Gasteiger partial charge in [0.05, 0.1) is 22.7 Å². The van der Waals surface area contributed by atoms with Gasteiger partial charge in [0.25, 0.3) is 0 Å². The molecule has 3 heterocycles. The molecule has 0 radical (unpaired) electrons. The number of benzene rings is 2. The van der Waals surface area contributed by atoms with Gasteiger partial charge in [0.1, 0.15) is 6.10 Å². The Kier molecular flexibility index (Phi) is 5.63. The average molecular weight is 497 g/mol. The van der Waals surface area contributed by atoms with Crippen LogP contribution in [0.2, 0.25) is 0 Å². The van der Waals surface area contributed by atoms with Crippen molar-refractivity contribution in [3.8, 4) is 11.3 Å². The molecule has 1 amide bonds. The van der Waals surface area contributed by atoms with E-state index in [4.69, 9.17) is 9.72 Å². The van der Waals surface area contributed by atoms with Crippen LogP contribution >= 0.6 is 27.3 Å². The van der Waals surface area contributed by atoms with Crippen molar-refractivity contribution in [2.24, 2.45) is 0 Å². The van der Waals surface area contributed by atoms with Gasteiger partial charge in [0, 0.05) is 40.0 Å². The Morgan fingerprint density at radius 2 is 1.97 bits per heavy atom. The minimum Gasteiger partial charge on any atom is -0.453 e. The molecule has 0 spiro atoms. The van der Waals surface area contributed by atoms with E-state index in [1.54, 1.807) is 17.4 Å². The van der Waals surface area contributed by atoms with Crippen molar-refractivity contribution in [3.63, 3.8) is 0 Å². The fourth-order valence-corrected chi connectivity index (χ4v) is 5.69. The number of cyclic esters (lactones) is 1. The maximum atomic E-state index is 12.9. The summed E-state index contributed by atoms with van der Waals surface area (Å²) in [7, 11) is 0. The standard InChI is InChI=1S/C24H21BrN2O3S/c25-17-5-3-4-16(12-17)20-14-31-23(26-20)15-8-10-27(11-9-15)22(28)13-21-18-6-1-2-7-19(18)24(29)30-21/h1-7,12,14-15,21H,8-11,13H2. The van der Waals surface area contributed by atoms with Crippen LogP contribution in [0.25, 0.3) is 11.3 Å². The maximum Gasteiger partial charge on any atom is 0.339 e. The Morgan fingerprint density at radius 1 is 1.16 bits per heavy atom. The zero-order chi connectivity index (χ0) is 21.4. The van der Waals surface area contributed by atoms with Crippen molar-refractivity contribution in [2.45, 2.75) is 31.3 Å². The first-order chi connectivity index (χ1) is 15.1. The molecule has 7 heteroatoms. The van der Waals surface area contributed by atoms with Crippen LogP contribution in [-0.4, -0.2) is 34.8 Å². The number of nitrogens with zero attached hydrogens (tertiary/aromatic N) is 2. The second-order valence-electron chi connectivity index (χ2n) is 7.92. The Morgan fingerprint density at radius 3 is 2.77 bits per heavy atom. The first-order valence-electron chi connectivity index (χ1n) is 10.4. The Balaban J connectivity index is 1.19. The number of carbonyl (C=O) groups is 2. The topological polar surface area (TPSA) is 59.5 Å². The van der Waals surface area contributed by atoms with Crippen LogP contribution in [-0.2, 0) is 9.53 Å². The highest BCUT2D eigenvalue weighted by atomic mass is 79.9. The Hall–Kier alpha value is -2.51. The largest absolute Gasteiger partial charge is 0.453 e. The van der Waals surface area contributed by atoms with E-state index >= 15 is 0 Å². The van der Waals surface area contributed by atoms with Crippen LogP contribution in [0, 0.1) is 0 Å². The number of esters is 1. The van der Waals surface area contributed by atoms with Gasteiger partial charge < -0.3 is 9.64 Å². The summed E-state index contributed by atoms with van der Waals surface area (Å²) in [4.78, 5) is 31.6. The average Bonchev–Trinajstić information content (AvgIpc) is 3.40. The van der Waals surface area contributed by atoms with Crippen molar-refractivity contribution < 1.29 is 14.3 Å². The molecule has 5 rings (SSSR count). The van der Waals surface area contributed by atoms with Gasteiger partial charge in [-0.15, -0.1) is 11.3 Å². The summed E-state index contributed by atoms with van der Waals surface area (Å²) in [5.74, 6) is 0.0824. The van der Waals surface area contributed by atoms with Crippen LogP contribution in [0.3, 0.4) is 0 Å². The van der Waals surface area contributed by atoms with Crippen LogP contribution < -0.4 is 0 Å². The second kappa shape index (κ2) is 8.55. The lowest BCUT2D eigenvalue weighted by molar-refractivity contribution is -0.134. The molecule has 2 aliphatic heterocycles. The fourth-order valence-electron chi connectivity index (χ4n) is 4.29. The number of hydrogen-bond acceptors (Lipinski definition) is 5. The zero-order valence-electron chi connectivity index (χ0n) is 16.8. The third kappa shape index (κ3) is 4.16. The number of carbonyl (C=O) groups excluding carboxylic acids is 2. The number of thiazole rings is 1. The number of amides is 1. The summed E-state index contributed by atoms with van der Waals surface area (Å²) in [6.07, 6.45) is 1.54. The highest BCUT2D eigenvalue weighted by Gasteiger charge is 2.34. The minimum absolute atomic E-state index is 0.0434. The molecule has 31 heavy (non-hydrogen) atoms. The van der Waals surface area contributed by atoms with E-state index in [1.165, 1.54) is 0 Å². The number of aromatic nitrogens is 1. The van der Waals surface area contributed by atoms with E-state index in [-0.39, 0.29) is 18.3 Å². The molecule has 1 saturated heterocycles. The quantitative estimate of drug-likeness (QED) is 0.442. The van der Waals surface area contributed by atoms with Crippen molar-refractivity contribution in [1.82, 2.24) is 9.88 Å². The molecule has 0 N–H and O–H groups in total. The van der Waals surface area contributed by atoms with E-state index in [0.29, 0.717) is 24.6 Å². The summed E-state index contributed by atoms with van der Waals surface area (Å²) >= 11 is 5.21. The number of fused-ring (bicyclic) bond motifs is 1. The van der Waals surface area contributed by atoms with E-state index < -0.39 is 6.10 Å². The predicted molar refractivity (Wildman–Crippen MR) is 123 cm³/mol. The fraction of sp³-hybridized carbons (Fsp3) is 0.292. The monoisotopic (exact) mass is 496 g/mol. The van der Waals surface area contributed by atoms with Gasteiger partial charge >= 0.3 is 5.97 Å². The normalized spacial score (nSPS) is 18.7. The summed E-state index contributed by atoms with van der Waals surface area (Å²) in [6.45, 7) is 1.41. The Bertz CT molecular complexity index is 1140. The Labute approximate surface area is 193 Å². The van der Waals surface area contributed by atoms with Crippen LogP contribution in [0.4, 0.5) is 0 Å². The molecule has 1 atom stereocenters. The SMILES string of the molecule is O=C1OC(CC(=O)N2CCC(c3nc(-c4cccc(Br)c4)cs3)CC2)c2ccccc21. The number of piperidine rings is 1. The molecule has 0 bridgehead atoms. The van der Waals surface area contributed by atoms with Crippen LogP contribution in [0.5, 0.6) is 0 Å². The molecular formula is C24H21BrN2O3S. The van der Waals surface area contributed by atoms with Gasteiger partial charge in [0.15, 0.2) is 0 Å². The predicted octanol–water partition coefficient (Wildman–Crippen LogP) is 5.58. The van der Waals surface area contributed by atoms with E-state index in [1.807, 2.05) is 35.2 Å². The summed E-state index contributed by atoms with van der Waals surface area (Å²) in [5, 5.41) is 3.25. The maximum absolute atomic E-state index is 12.9. The number of halogens is 1. The molecule has 1 aromatic heterocycles. The lowest BCUT2D eigenvalue weighted by atomic mass is 9.96. The number of likely N-dealkylation sites (tertiary alicyclic amines) is 1. The second-order valence-corrected chi connectivity index (χ2v) is 9.73. The van der Waals surface area contributed by atoms with Crippen LogP contribution in [0.15, 0.2) is 58.4 Å². The van der Waals surface area contributed by atoms with Gasteiger partial charge in [-0.05, 0) is 31.0 Å². The van der Waals surface area contributed by atoms with Gasteiger partial charge in [-0.3, -0.25) is 4.79 Å². The zero-order valence-corrected chi connectivity index (χ0v) is 19.2. The molecular weight excluding hydrogens is 476 g/mol. The summed E-state index contributed by atoms with van der Waals surface area (Å²) in [5.41, 5.74) is 3.50. The van der Waals surface area contributed by atoms with Crippen molar-refractivity contribution in [1.29, 1.82) is 0 Å². The molecule has 1 fully saturated rings. The number of hydrogen-bond donors (Lipinski definition) is 0. The van der Waals surface area contributed by atoms with Gasteiger partial charge in [-0.1, -0.05) is 46.3 Å². The molecule has 3 aromatic rings. The first-order valence-corrected chi connectivity index (χ1v) is 12.0. The summed E-state index contributed by atoms with van der Waals surface area (Å²) < 4.78 is 6.48. The molecule has 1 unspecified atom stereocenters. The molecule has 0 aliphatic carbocycles. The highest BCUT2D eigenvalue weighted by molar-refractivity contribution is 9.10. The van der Waals surface area contributed by atoms with Crippen molar-refractivity contribution in [2.75, 3.05) is 13.1 Å². The molecule has 5 nitrogen and oxygen atoms in total. The lowest BCUT2D eigenvalue weighted by Crippen LogP contribution is -2.38. The first kappa shape index (κ1) is 20.4. The smallest absolute Gasteiger partial charge is 0.339 e. The van der Waals surface area contributed by atoms with Gasteiger partial charge in [-0.25, -0.2) is 9.78 Å². The third-order valence-corrected chi connectivity index (χ3v) is 7.48. The number of ether oxygens (including phenoxy) is 1. The molecule has 2 aliphatic rings. The van der Waals surface area contributed by atoms with E-state index in [9.17, 15) is 9.59 Å². The lowest BCUT2D eigenvalue weighted by Gasteiger charge is -2.31. The third-order valence-electron chi connectivity index (χ3n) is 5.98. The van der Waals surface area contributed by atoms with Gasteiger partial charge in [0.2, 0.25) is 5.91 Å². The molecule has 0 saturated carbocycles. The molecule has 2 aromatic carbocycles. The molecule has 158 valence electrons. The minimum atomic E-state index is -0.472. The van der Waals surface area contributed by atoms with E-state index in [2.05, 4.69) is 33.4 Å².